The molecule has 25 heavy (non-hydrogen) atoms. The molecule has 0 saturated carbocycles. The lowest BCUT2D eigenvalue weighted by Crippen LogP contribution is -2.28. The Morgan fingerprint density at radius 1 is 1.12 bits per heavy atom. The molecule has 2 aromatic carbocycles. The molecule has 126 valence electrons. The van der Waals surface area contributed by atoms with E-state index in [4.69, 9.17) is 4.74 Å². The topological polar surface area (TPSA) is 73.2 Å². The van der Waals surface area contributed by atoms with E-state index in [1.165, 1.54) is 10.9 Å². The van der Waals surface area contributed by atoms with Crippen molar-refractivity contribution >= 4 is 28.5 Å². The van der Waals surface area contributed by atoms with E-state index >= 15 is 0 Å². The lowest BCUT2D eigenvalue weighted by Gasteiger charge is -2.13. The smallest absolute Gasteiger partial charge is 0.265 e. The predicted molar refractivity (Wildman–Crippen MR) is 93.5 cm³/mol. The van der Waals surface area contributed by atoms with Crippen LogP contribution >= 0.6 is 0 Å². The number of aromatic nitrogens is 2. The highest BCUT2D eigenvalue weighted by Gasteiger charge is 2.25. The summed E-state index contributed by atoms with van der Waals surface area (Å²) in [5, 5.41) is 2.82. The first kappa shape index (κ1) is 15.5. The lowest BCUT2D eigenvalue weighted by atomic mass is 10.1. The molecule has 0 radical (unpaired) electrons. The summed E-state index contributed by atoms with van der Waals surface area (Å²) in [4.78, 5) is 29.6. The molecule has 1 fully saturated rings. The minimum atomic E-state index is -0.447. The van der Waals surface area contributed by atoms with Crippen LogP contribution in [0.15, 0.2) is 54.9 Å². The summed E-state index contributed by atoms with van der Waals surface area (Å²) in [6.07, 6.45) is 2.64. The van der Waals surface area contributed by atoms with Crippen molar-refractivity contribution in [3.05, 3.63) is 60.4 Å². The van der Waals surface area contributed by atoms with Crippen LogP contribution in [-0.4, -0.2) is 34.1 Å². The van der Waals surface area contributed by atoms with Gasteiger partial charge in [-0.1, -0.05) is 24.3 Å². The lowest BCUT2D eigenvalue weighted by molar-refractivity contribution is -0.124. The standard InChI is InChI=1S/C19H17N3O3/c23-18(17-10-5-11-25-17)21-14-7-2-1-6-13(14)19(24)22-12-20-15-8-3-4-9-16(15)22/h1-4,6-9,12,17H,5,10-11H2,(H,21,23)/t17-/m1/s1. The average Bonchev–Trinajstić information content (AvgIpc) is 3.31. The van der Waals surface area contributed by atoms with Gasteiger partial charge < -0.3 is 10.1 Å². The molecule has 4 rings (SSSR count). The van der Waals surface area contributed by atoms with Gasteiger partial charge in [0.1, 0.15) is 12.4 Å². The molecule has 1 N–H and O–H groups in total. The number of nitrogens with zero attached hydrogens (tertiary/aromatic N) is 2. The Bertz CT molecular complexity index is 942. The Kier molecular flexibility index (Phi) is 4.03. The molecule has 1 aliphatic heterocycles. The van der Waals surface area contributed by atoms with Crippen LogP contribution in [0.1, 0.15) is 23.2 Å². The average molecular weight is 335 g/mol. The molecule has 1 amide bonds. The number of ether oxygens (including phenoxy) is 1. The largest absolute Gasteiger partial charge is 0.368 e. The summed E-state index contributed by atoms with van der Waals surface area (Å²) in [5.41, 5.74) is 2.37. The van der Waals surface area contributed by atoms with Crippen molar-refractivity contribution < 1.29 is 14.3 Å². The minimum absolute atomic E-state index is 0.215. The van der Waals surface area contributed by atoms with Crippen molar-refractivity contribution in [3.63, 3.8) is 0 Å². The van der Waals surface area contributed by atoms with Gasteiger partial charge in [0.2, 0.25) is 0 Å². The minimum Gasteiger partial charge on any atom is -0.368 e. The first-order valence-corrected chi connectivity index (χ1v) is 8.22. The fourth-order valence-corrected chi connectivity index (χ4v) is 3.03. The van der Waals surface area contributed by atoms with Crippen molar-refractivity contribution in [1.82, 2.24) is 9.55 Å². The molecule has 6 nitrogen and oxygen atoms in total. The van der Waals surface area contributed by atoms with Gasteiger partial charge in [0.05, 0.1) is 22.3 Å². The SMILES string of the molecule is O=C(Nc1ccccc1C(=O)n1cnc2ccccc21)[C@H]1CCCO1. The first-order chi connectivity index (χ1) is 12.2. The molecule has 1 saturated heterocycles. The maximum Gasteiger partial charge on any atom is 0.265 e. The van der Waals surface area contributed by atoms with Crippen LogP contribution in [0.3, 0.4) is 0 Å². The van der Waals surface area contributed by atoms with Gasteiger partial charge in [-0.3, -0.25) is 14.2 Å². The van der Waals surface area contributed by atoms with Crippen LogP contribution < -0.4 is 5.32 Å². The van der Waals surface area contributed by atoms with E-state index in [1.54, 1.807) is 24.3 Å². The molecule has 1 atom stereocenters. The van der Waals surface area contributed by atoms with Crippen molar-refractivity contribution in [2.24, 2.45) is 0 Å². The van der Waals surface area contributed by atoms with E-state index in [-0.39, 0.29) is 11.8 Å². The van der Waals surface area contributed by atoms with E-state index in [0.29, 0.717) is 24.3 Å². The number of nitrogens with one attached hydrogen (secondary N) is 1. The van der Waals surface area contributed by atoms with Gasteiger partial charge in [-0.2, -0.15) is 0 Å². The van der Waals surface area contributed by atoms with Crippen molar-refractivity contribution in [3.8, 4) is 0 Å². The summed E-state index contributed by atoms with van der Waals surface area (Å²) in [5.74, 6) is -0.454. The highest BCUT2D eigenvalue weighted by atomic mass is 16.5. The van der Waals surface area contributed by atoms with Crippen molar-refractivity contribution in [1.29, 1.82) is 0 Å². The molecular weight excluding hydrogens is 318 g/mol. The van der Waals surface area contributed by atoms with Gasteiger partial charge in [0.15, 0.2) is 0 Å². The number of hydrogen-bond donors (Lipinski definition) is 1. The van der Waals surface area contributed by atoms with E-state index in [0.717, 1.165) is 17.5 Å². The summed E-state index contributed by atoms with van der Waals surface area (Å²) >= 11 is 0. The quantitative estimate of drug-likeness (QED) is 0.799. The number of carbonyl (C=O) groups is 2. The zero-order valence-electron chi connectivity index (χ0n) is 13.5. The van der Waals surface area contributed by atoms with E-state index in [2.05, 4.69) is 10.3 Å². The molecular formula is C19H17N3O3. The third-order valence-corrected chi connectivity index (χ3v) is 4.31. The number of benzene rings is 2. The van der Waals surface area contributed by atoms with Crippen LogP contribution in [0.25, 0.3) is 11.0 Å². The third kappa shape index (κ3) is 2.92. The summed E-state index contributed by atoms with van der Waals surface area (Å²) < 4.78 is 6.90. The number of hydrogen-bond acceptors (Lipinski definition) is 4. The molecule has 0 unspecified atom stereocenters. The normalized spacial score (nSPS) is 16.9. The van der Waals surface area contributed by atoms with Gasteiger partial charge in [-0.25, -0.2) is 4.98 Å². The fourth-order valence-electron chi connectivity index (χ4n) is 3.03. The van der Waals surface area contributed by atoms with Gasteiger partial charge in [-0.15, -0.1) is 0 Å². The van der Waals surface area contributed by atoms with Gasteiger partial charge in [0.25, 0.3) is 11.8 Å². The molecule has 3 aromatic rings. The summed E-state index contributed by atoms with van der Waals surface area (Å²) in [6.45, 7) is 0.597. The van der Waals surface area contributed by atoms with E-state index in [9.17, 15) is 9.59 Å². The highest BCUT2D eigenvalue weighted by molar-refractivity contribution is 6.07. The summed E-state index contributed by atoms with van der Waals surface area (Å²) in [6, 6.07) is 14.4. The van der Waals surface area contributed by atoms with Crippen LogP contribution in [0, 0.1) is 0 Å². The second-order valence-electron chi connectivity index (χ2n) is 5.94. The second-order valence-corrected chi connectivity index (χ2v) is 5.94. The Hall–Kier alpha value is -2.99. The fraction of sp³-hybridized carbons (Fsp3) is 0.211. The predicted octanol–water partition coefficient (Wildman–Crippen LogP) is 2.84. The molecule has 1 aromatic heterocycles. The summed E-state index contributed by atoms with van der Waals surface area (Å²) in [7, 11) is 0. The van der Waals surface area contributed by atoms with Crippen molar-refractivity contribution in [2.45, 2.75) is 18.9 Å². The van der Waals surface area contributed by atoms with Crippen LogP contribution in [0.4, 0.5) is 5.69 Å². The zero-order valence-corrected chi connectivity index (χ0v) is 13.5. The van der Waals surface area contributed by atoms with Gasteiger partial charge in [0, 0.05) is 6.61 Å². The van der Waals surface area contributed by atoms with E-state index < -0.39 is 6.10 Å². The van der Waals surface area contributed by atoms with Crippen molar-refractivity contribution in [2.75, 3.05) is 11.9 Å². The van der Waals surface area contributed by atoms with E-state index in [1.807, 2.05) is 24.3 Å². The number of amides is 1. The highest BCUT2D eigenvalue weighted by Crippen LogP contribution is 2.21. The second kappa shape index (κ2) is 6.49. The molecule has 6 heteroatoms. The maximum atomic E-state index is 13.0. The number of fused-ring (bicyclic) bond motifs is 1. The first-order valence-electron chi connectivity index (χ1n) is 8.22. The molecule has 1 aliphatic rings. The Balaban J connectivity index is 1.66. The number of para-hydroxylation sites is 3. The maximum absolute atomic E-state index is 13.0. The van der Waals surface area contributed by atoms with Crippen LogP contribution in [0.2, 0.25) is 0 Å². The molecule has 0 aliphatic carbocycles. The monoisotopic (exact) mass is 335 g/mol. The van der Waals surface area contributed by atoms with Crippen LogP contribution in [0.5, 0.6) is 0 Å². The molecule has 0 spiro atoms. The Labute approximate surface area is 144 Å². The van der Waals surface area contributed by atoms with Gasteiger partial charge in [-0.05, 0) is 37.1 Å². The number of imidazole rings is 1. The van der Waals surface area contributed by atoms with Gasteiger partial charge >= 0.3 is 0 Å². The third-order valence-electron chi connectivity index (χ3n) is 4.31. The Morgan fingerprint density at radius 2 is 1.92 bits per heavy atom. The molecule has 2 heterocycles. The zero-order chi connectivity index (χ0) is 17.2. The van der Waals surface area contributed by atoms with Crippen LogP contribution in [-0.2, 0) is 9.53 Å². The Morgan fingerprint density at radius 3 is 2.76 bits per heavy atom. The molecule has 0 bridgehead atoms. The number of anilines is 1. The number of rotatable bonds is 3. The number of carbonyl (C=O) groups excluding carboxylic acids is 2.